The summed E-state index contributed by atoms with van der Waals surface area (Å²) >= 11 is 0. The van der Waals surface area contributed by atoms with E-state index >= 15 is 0 Å². The van der Waals surface area contributed by atoms with Gasteiger partial charge in [-0.1, -0.05) is 26.3 Å². The summed E-state index contributed by atoms with van der Waals surface area (Å²) in [5, 5.41) is 9.82. The molecule has 17 heavy (non-hydrogen) atoms. The quantitative estimate of drug-likeness (QED) is 0.848. The average molecular weight is 234 g/mol. The molecule has 2 heteroatoms. The number of aromatic hydroxyl groups is 1. The molecular formula is C15H22O2. The molecule has 1 aliphatic rings. The van der Waals surface area contributed by atoms with Crippen molar-refractivity contribution >= 4 is 0 Å². The Kier molecular flexibility index (Phi) is 3.93. The highest BCUT2D eigenvalue weighted by Gasteiger charge is 2.17. The van der Waals surface area contributed by atoms with E-state index in [2.05, 4.69) is 13.8 Å². The predicted octanol–water partition coefficient (Wildman–Crippen LogP) is 4.23. The summed E-state index contributed by atoms with van der Waals surface area (Å²) in [6.07, 6.45) is 6.33. The first-order chi connectivity index (χ1) is 8.16. The highest BCUT2D eigenvalue weighted by atomic mass is 16.5. The van der Waals surface area contributed by atoms with Crippen LogP contribution in [-0.4, -0.2) is 11.2 Å². The van der Waals surface area contributed by atoms with Gasteiger partial charge in [0.1, 0.15) is 0 Å². The first-order valence-corrected chi connectivity index (χ1v) is 6.66. The van der Waals surface area contributed by atoms with Crippen LogP contribution in [0.5, 0.6) is 11.5 Å². The van der Waals surface area contributed by atoms with Gasteiger partial charge < -0.3 is 9.84 Å². The van der Waals surface area contributed by atoms with Gasteiger partial charge >= 0.3 is 0 Å². The molecule has 1 fully saturated rings. The van der Waals surface area contributed by atoms with E-state index in [0.717, 1.165) is 12.8 Å². The van der Waals surface area contributed by atoms with Crippen molar-refractivity contribution in [1.29, 1.82) is 0 Å². The van der Waals surface area contributed by atoms with Crippen molar-refractivity contribution < 1.29 is 9.84 Å². The molecule has 0 heterocycles. The molecular weight excluding hydrogens is 212 g/mol. The smallest absolute Gasteiger partial charge is 0.161 e. The number of hydrogen-bond donors (Lipinski definition) is 1. The third-order valence-electron chi connectivity index (χ3n) is 3.50. The molecule has 1 aromatic rings. The first kappa shape index (κ1) is 12.3. The third kappa shape index (κ3) is 3.15. The maximum Gasteiger partial charge on any atom is 0.161 e. The van der Waals surface area contributed by atoms with Crippen LogP contribution >= 0.6 is 0 Å². The van der Waals surface area contributed by atoms with E-state index in [1.807, 2.05) is 12.1 Å². The summed E-state index contributed by atoms with van der Waals surface area (Å²) in [6, 6.07) is 5.69. The minimum Gasteiger partial charge on any atom is -0.504 e. The van der Waals surface area contributed by atoms with E-state index in [0.29, 0.717) is 11.7 Å². The molecule has 0 atom stereocenters. The molecule has 2 rings (SSSR count). The number of phenolic OH excluding ortho intramolecular Hbond substituents is 1. The van der Waals surface area contributed by atoms with Crippen LogP contribution in [0.15, 0.2) is 18.2 Å². The van der Waals surface area contributed by atoms with Gasteiger partial charge in [-0.25, -0.2) is 0 Å². The van der Waals surface area contributed by atoms with Crippen LogP contribution in [0.25, 0.3) is 0 Å². The summed E-state index contributed by atoms with van der Waals surface area (Å²) < 4.78 is 5.93. The Morgan fingerprint density at radius 3 is 2.53 bits per heavy atom. The van der Waals surface area contributed by atoms with E-state index < -0.39 is 0 Å². The summed E-state index contributed by atoms with van der Waals surface area (Å²) in [5.74, 6) is 1.38. The molecule has 2 nitrogen and oxygen atoms in total. The molecule has 0 unspecified atom stereocenters. The molecule has 0 bridgehead atoms. The number of rotatable bonds is 3. The second kappa shape index (κ2) is 5.44. The minimum atomic E-state index is 0.264. The zero-order valence-corrected chi connectivity index (χ0v) is 10.8. The van der Waals surface area contributed by atoms with Gasteiger partial charge in [0.15, 0.2) is 11.5 Å². The van der Waals surface area contributed by atoms with Gasteiger partial charge in [0.25, 0.3) is 0 Å². The van der Waals surface area contributed by atoms with Crippen LogP contribution < -0.4 is 4.74 Å². The van der Waals surface area contributed by atoms with Crippen molar-refractivity contribution in [2.45, 2.75) is 58.0 Å². The van der Waals surface area contributed by atoms with Crippen LogP contribution in [0.2, 0.25) is 0 Å². The highest BCUT2D eigenvalue weighted by molar-refractivity contribution is 5.42. The molecule has 0 amide bonds. The normalized spacial score (nSPS) is 17.4. The van der Waals surface area contributed by atoms with Gasteiger partial charge in [-0.15, -0.1) is 0 Å². The zero-order chi connectivity index (χ0) is 12.3. The fourth-order valence-electron chi connectivity index (χ4n) is 2.35. The maximum absolute atomic E-state index is 9.82. The van der Waals surface area contributed by atoms with Crippen molar-refractivity contribution in [3.8, 4) is 11.5 Å². The molecule has 1 saturated carbocycles. The van der Waals surface area contributed by atoms with Crippen LogP contribution in [-0.2, 0) is 0 Å². The Balaban J connectivity index is 2.10. The first-order valence-electron chi connectivity index (χ1n) is 6.66. The Morgan fingerprint density at radius 2 is 1.88 bits per heavy atom. The van der Waals surface area contributed by atoms with Crippen LogP contribution in [0.4, 0.5) is 0 Å². The number of hydrogen-bond acceptors (Lipinski definition) is 2. The summed E-state index contributed by atoms with van der Waals surface area (Å²) in [5.41, 5.74) is 1.22. The molecule has 0 aliphatic heterocycles. The lowest BCUT2D eigenvalue weighted by Gasteiger charge is -2.23. The van der Waals surface area contributed by atoms with Crippen LogP contribution in [0, 0.1) is 0 Å². The van der Waals surface area contributed by atoms with Crippen molar-refractivity contribution in [3.05, 3.63) is 23.8 Å². The second-order valence-electron chi connectivity index (χ2n) is 5.26. The van der Waals surface area contributed by atoms with Gasteiger partial charge in [0.2, 0.25) is 0 Å². The number of benzene rings is 1. The SMILES string of the molecule is CC(C)c1ccc(O)c(OC2CCCCC2)c1. The Morgan fingerprint density at radius 1 is 1.18 bits per heavy atom. The van der Waals surface area contributed by atoms with E-state index in [1.165, 1.54) is 24.8 Å². The Hall–Kier alpha value is -1.18. The van der Waals surface area contributed by atoms with Crippen molar-refractivity contribution in [2.75, 3.05) is 0 Å². The highest BCUT2D eigenvalue weighted by Crippen LogP contribution is 2.32. The van der Waals surface area contributed by atoms with Crippen LogP contribution in [0.1, 0.15) is 57.4 Å². The van der Waals surface area contributed by atoms with Gasteiger partial charge in [0.05, 0.1) is 6.10 Å². The van der Waals surface area contributed by atoms with Crippen molar-refractivity contribution in [3.63, 3.8) is 0 Å². The zero-order valence-electron chi connectivity index (χ0n) is 10.8. The topological polar surface area (TPSA) is 29.5 Å². The fourth-order valence-corrected chi connectivity index (χ4v) is 2.35. The molecule has 0 aromatic heterocycles. The average Bonchev–Trinajstić information content (AvgIpc) is 2.33. The standard InChI is InChI=1S/C15H22O2/c1-11(2)12-8-9-14(16)15(10-12)17-13-6-4-3-5-7-13/h8-11,13,16H,3-7H2,1-2H3. The lowest BCUT2D eigenvalue weighted by molar-refractivity contribution is 0.150. The molecule has 0 saturated heterocycles. The second-order valence-corrected chi connectivity index (χ2v) is 5.26. The molecule has 94 valence electrons. The third-order valence-corrected chi connectivity index (χ3v) is 3.50. The summed E-state index contributed by atoms with van der Waals surface area (Å²) in [4.78, 5) is 0. The van der Waals surface area contributed by atoms with Gasteiger partial charge in [0, 0.05) is 0 Å². The summed E-state index contributed by atoms with van der Waals surface area (Å²) in [6.45, 7) is 4.30. The minimum absolute atomic E-state index is 0.264. The lowest BCUT2D eigenvalue weighted by Crippen LogP contribution is -2.19. The van der Waals surface area contributed by atoms with E-state index in [4.69, 9.17) is 4.74 Å². The van der Waals surface area contributed by atoms with Gasteiger partial charge in [-0.3, -0.25) is 0 Å². The number of phenols is 1. The Bertz CT molecular complexity index is 365. The maximum atomic E-state index is 9.82. The molecule has 1 aromatic carbocycles. The van der Waals surface area contributed by atoms with Crippen molar-refractivity contribution in [1.82, 2.24) is 0 Å². The molecule has 0 radical (unpaired) electrons. The number of ether oxygens (including phenoxy) is 1. The molecule has 0 spiro atoms. The van der Waals surface area contributed by atoms with E-state index in [9.17, 15) is 5.11 Å². The lowest BCUT2D eigenvalue weighted by atomic mass is 9.97. The van der Waals surface area contributed by atoms with Gasteiger partial charge in [-0.2, -0.15) is 0 Å². The monoisotopic (exact) mass is 234 g/mol. The molecule has 1 aliphatic carbocycles. The van der Waals surface area contributed by atoms with Crippen LogP contribution in [0.3, 0.4) is 0 Å². The van der Waals surface area contributed by atoms with E-state index in [-0.39, 0.29) is 11.9 Å². The largest absolute Gasteiger partial charge is 0.504 e. The predicted molar refractivity (Wildman–Crippen MR) is 69.7 cm³/mol. The van der Waals surface area contributed by atoms with Gasteiger partial charge in [-0.05, 0) is 49.3 Å². The van der Waals surface area contributed by atoms with Crippen molar-refractivity contribution in [2.24, 2.45) is 0 Å². The summed E-state index contributed by atoms with van der Waals surface area (Å²) in [7, 11) is 0. The Labute approximate surface area is 104 Å². The fraction of sp³-hybridized carbons (Fsp3) is 0.600. The molecule has 1 N–H and O–H groups in total. The van der Waals surface area contributed by atoms with E-state index in [1.54, 1.807) is 6.07 Å².